The van der Waals surface area contributed by atoms with E-state index in [1.54, 1.807) is 0 Å². The topological polar surface area (TPSA) is 21.3 Å². The second-order valence-electron chi connectivity index (χ2n) is 5.23. The number of hydrogen-bond acceptors (Lipinski definition) is 2. The van der Waals surface area contributed by atoms with Gasteiger partial charge in [0.1, 0.15) is 5.75 Å². The van der Waals surface area contributed by atoms with Crippen LogP contribution in [0.25, 0.3) is 0 Å². The number of halogens is 2. The van der Waals surface area contributed by atoms with Gasteiger partial charge in [0.15, 0.2) is 0 Å². The van der Waals surface area contributed by atoms with Crippen molar-refractivity contribution in [2.24, 2.45) is 0 Å². The monoisotopic (exact) mass is 367 g/mol. The fraction of sp³-hybridized carbons (Fsp3) is 0.294. The predicted octanol–water partition coefficient (Wildman–Crippen LogP) is 6.06. The first-order valence-electron chi connectivity index (χ1n) is 6.94. The standard InChI is InChI=1S/C17H19BrClNO/c1-11(2)21-15-7-4-13(5-8-15)12(3)20-14-6-9-16(18)17(19)10-14/h4-12,20H,1-3H3. The van der Waals surface area contributed by atoms with Crippen molar-refractivity contribution in [1.29, 1.82) is 0 Å². The molecule has 2 nitrogen and oxygen atoms in total. The fourth-order valence-electron chi connectivity index (χ4n) is 2.03. The Morgan fingerprint density at radius 1 is 1.05 bits per heavy atom. The Morgan fingerprint density at radius 2 is 1.71 bits per heavy atom. The van der Waals surface area contributed by atoms with E-state index in [9.17, 15) is 0 Å². The van der Waals surface area contributed by atoms with Crippen LogP contribution in [0, 0.1) is 0 Å². The van der Waals surface area contributed by atoms with Gasteiger partial charge < -0.3 is 10.1 Å². The third-order valence-electron chi connectivity index (χ3n) is 3.05. The summed E-state index contributed by atoms with van der Waals surface area (Å²) in [4.78, 5) is 0. The molecule has 0 aliphatic carbocycles. The van der Waals surface area contributed by atoms with Crippen LogP contribution in [0.3, 0.4) is 0 Å². The Hall–Kier alpha value is -1.19. The summed E-state index contributed by atoms with van der Waals surface area (Å²) in [5.41, 5.74) is 2.20. The third-order valence-corrected chi connectivity index (χ3v) is 4.29. The summed E-state index contributed by atoms with van der Waals surface area (Å²) >= 11 is 9.50. The summed E-state index contributed by atoms with van der Waals surface area (Å²) in [6.45, 7) is 6.17. The first-order chi connectivity index (χ1) is 9.95. The number of hydrogen-bond donors (Lipinski definition) is 1. The molecule has 0 aliphatic rings. The van der Waals surface area contributed by atoms with E-state index in [0.717, 1.165) is 15.9 Å². The highest BCUT2D eigenvalue weighted by Crippen LogP contribution is 2.28. The third kappa shape index (κ3) is 4.65. The Bertz CT molecular complexity index is 598. The predicted molar refractivity (Wildman–Crippen MR) is 93.4 cm³/mol. The van der Waals surface area contributed by atoms with Crippen LogP contribution in [0.4, 0.5) is 5.69 Å². The molecule has 0 aliphatic heterocycles. The molecule has 0 saturated heterocycles. The second kappa shape index (κ2) is 7.19. The molecule has 1 atom stereocenters. The number of nitrogens with one attached hydrogen (secondary N) is 1. The van der Waals surface area contributed by atoms with Crippen LogP contribution >= 0.6 is 27.5 Å². The van der Waals surface area contributed by atoms with Crippen LogP contribution in [0.15, 0.2) is 46.9 Å². The van der Waals surface area contributed by atoms with Gasteiger partial charge in [0.05, 0.1) is 11.1 Å². The first-order valence-corrected chi connectivity index (χ1v) is 8.11. The summed E-state index contributed by atoms with van der Waals surface area (Å²) in [6, 6.07) is 14.2. The lowest BCUT2D eigenvalue weighted by molar-refractivity contribution is 0.242. The van der Waals surface area contributed by atoms with E-state index in [2.05, 4.69) is 40.3 Å². The summed E-state index contributed by atoms with van der Waals surface area (Å²) in [5, 5.41) is 4.14. The van der Waals surface area contributed by atoms with E-state index in [0.29, 0.717) is 5.02 Å². The van der Waals surface area contributed by atoms with E-state index in [4.69, 9.17) is 16.3 Å². The first kappa shape index (κ1) is 16.2. The van der Waals surface area contributed by atoms with Crippen molar-refractivity contribution in [3.8, 4) is 5.75 Å². The maximum Gasteiger partial charge on any atom is 0.119 e. The number of anilines is 1. The van der Waals surface area contributed by atoms with Crippen LogP contribution in [-0.4, -0.2) is 6.10 Å². The Labute approximate surface area is 139 Å². The van der Waals surface area contributed by atoms with Gasteiger partial charge in [-0.2, -0.15) is 0 Å². The minimum absolute atomic E-state index is 0.190. The molecular weight excluding hydrogens is 350 g/mol. The largest absolute Gasteiger partial charge is 0.491 e. The molecule has 0 bridgehead atoms. The highest BCUT2D eigenvalue weighted by atomic mass is 79.9. The fourth-order valence-corrected chi connectivity index (χ4v) is 2.45. The zero-order valence-corrected chi connectivity index (χ0v) is 14.7. The van der Waals surface area contributed by atoms with Crippen molar-refractivity contribution >= 4 is 33.2 Å². The zero-order valence-electron chi connectivity index (χ0n) is 12.4. The van der Waals surface area contributed by atoms with Crippen LogP contribution in [0.5, 0.6) is 5.75 Å². The molecule has 2 aromatic carbocycles. The van der Waals surface area contributed by atoms with Gasteiger partial charge in [-0.3, -0.25) is 0 Å². The summed E-state index contributed by atoms with van der Waals surface area (Å²) in [7, 11) is 0. The molecule has 0 radical (unpaired) electrons. The average molecular weight is 369 g/mol. The van der Waals surface area contributed by atoms with Crippen molar-refractivity contribution in [2.45, 2.75) is 32.9 Å². The van der Waals surface area contributed by atoms with E-state index in [1.165, 1.54) is 5.56 Å². The summed E-state index contributed by atoms with van der Waals surface area (Å²) in [6.07, 6.45) is 0.191. The minimum Gasteiger partial charge on any atom is -0.491 e. The van der Waals surface area contributed by atoms with Crippen molar-refractivity contribution in [3.05, 3.63) is 57.5 Å². The second-order valence-corrected chi connectivity index (χ2v) is 6.49. The van der Waals surface area contributed by atoms with E-state index < -0.39 is 0 Å². The van der Waals surface area contributed by atoms with E-state index in [1.807, 2.05) is 44.2 Å². The molecule has 112 valence electrons. The Balaban J connectivity index is 2.05. The molecule has 4 heteroatoms. The number of benzene rings is 2. The molecule has 1 unspecified atom stereocenters. The highest BCUT2D eigenvalue weighted by molar-refractivity contribution is 9.10. The molecule has 2 aromatic rings. The van der Waals surface area contributed by atoms with E-state index >= 15 is 0 Å². The summed E-state index contributed by atoms with van der Waals surface area (Å²) < 4.78 is 6.55. The lowest BCUT2D eigenvalue weighted by Crippen LogP contribution is -2.08. The lowest BCUT2D eigenvalue weighted by Gasteiger charge is -2.17. The van der Waals surface area contributed by atoms with Crippen molar-refractivity contribution < 1.29 is 4.74 Å². The Kier molecular flexibility index (Phi) is 5.54. The molecule has 2 rings (SSSR count). The van der Waals surface area contributed by atoms with Crippen molar-refractivity contribution in [1.82, 2.24) is 0 Å². The van der Waals surface area contributed by atoms with Gasteiger partial charge in [-0.1, -0.05) is 23.7 Å². The van der Waals surface area contributed by atoms with Crippen LogP contribution in [0.1, 0.15) is 32.4 Å². The van der Waals surface area contributed by atoms with E-state index in [-0.39, 0.29) is 12.1 Å². The van der Waals surface area contributed by atoms with Gasteiger partial charge in [0.25, 0.3) is 0 Å². The van der Waals surface area contributed by atoms with Crippen molar-refractivity contribution in [3.63, 3.8) is 0 Å². The molecule has 0 heterocycles. The molecule has 0 amide bonds. The van der Waals surface area contributed by atoms with Gasteiger partial charge in [-0.15, -0.1) is 0 Å². The minimum atomic E-state index is 0.190. The molecule has 0 saturated carbocycles. The molecule has 1 N–H and O–H groups in total. The van der Waals surface area contributed by atoms with Crippen LogP contribution < -0.4 is 10.1 Å². The van der Waals surface area contributed by atoms with Crippen LogP contribution in [-0.2, 0) is 0 Å². The van der Waals surface area contributed by atoms with Crippen molar-refractivity contribution in [2.75, 3.05) is 5.32 Å². The van der Waals surface area contributed by atoms with Gasteiger partial charge in [0.2, 0.25) is 0 Å². The molecule has 0 aromatic heterocycles. The molecule has 0 spiro atoms. The zero-order chi connectivity index (χ0) is 15.4. The normalized spacial score (nSPS) is 12.3. The smallest absolute Gasteiger partial charge is 0.119 e. The average Bonchev–Trinajstić information content (AvgIpc) is 2.43. The van der Waals surface area contributed by atoms with Gasteiger partial charge in [-0.25, -0.2) is 0 Å². The maximum atomic E-state index is 6.11. The maximum absolute atomic E-state index is 6.11. The Morgan fingerprint density at radius 3 is 2.29 bits per heavy atom. The molecule has 0 fully saturated rings. The highest BCUT2D eigenvalue weighted by Gasteiger charge is 2.07. The van der Waals surface area contributed by atoms with Gasteiger partial charge in [0, 0.05) is 16.2 Å². The SMILES string of the molecule is CC(C)Oc1ccc(C(C)Nc2ccc(Br)c(Cl)c2)cc1. The number of ether oxygens (including phenoxy) is 1. The van der Waals surface area contributed by atoms with Gasteiger partial charge >= 0.3 is 0 Å². The summed E-state index contributed by atoms with van der Waals surface area (Å²) in [5.74, 6) is 0.896. The lowest BCUT2D eigenvalue weighted by atomic mass is 10.1. The quantitative estimate of drug-likeness (QED) is 0.692. The number of rotatable bonds is 5. The van der Waals surface area contributed by atoms with Gasteiger partial charge in [-0.05, 0) is 72.6 Å². The van der Waals surface area contributed by atoms with Crippen LogP contribution in [0.2, 0.25) is 5.02 Å². The molecule has 21 heavy (non-hydrogen) atoms. The molecular formula is C17H19BrClNO.